The summed E-state index contributed by atoms with van der Waals surface area (Å²) in [6.45, 7) is 8.25. The zero-order valence-electron chi connectivity index (χ0n) is 13.1. The first-order valence-corrected chi connectivity index (χ1v) is 7.89. The second-order valence-corrected chi connectivity index (χ2v) is 5.52. The highest BCUT2D eigenvalue weighted by Crippen LogP contribution is 2.37. The van der Waals surface area contributed by atoms with Crippen molar-refractivity contribution in [3.8, 4) is 11.5 Å². The molecule has 21 heavy (non-hydrogen) atoms. The van der Waals surface area contributed by atoms with Crippen LogP contribution in [-0.2, 0) is 6.54 Å². The Kier molecular flexibility index (Phi) is 8.50. The van der Waals surface area contributed by atoms with Crippen LogP contribution in [0.3, 0.4) is 0 Å². The highest BCUT2D eigenvalue weighted by molar-refractivity contribution is 6.32. The van der Waals surface area contributed by atoms with Gasteiger partial charge in [-0.15, -0.1) is 0 Å². The number of benzene rings is 1. The molecule has 0 aliphatic heterocycles. The van der Waals surface area contributed by atoms with E-state index in [1.807, 2.05) is 32.9 Å². The van der Waals surface area contributed by atoms with Gasteiger partial charge in [0.25, 0.3) is 0 Å². The highest BCUT2D eigenvalue weighted by Gasteiger charge is 2.13. The molecule has 0 aliphatic rings. The molecule has 0 aromatic heterocycles. The molecule has 0 amide bonds. The molecular weight excluding hydrogens is 290 g/mol. The third-order valence-electron chi connectivity index (χ3n) is 2.81. The summed E-state index contributed by atoms with van der Waals surface area (Å²) in [6.07, 6.45) is 1.82. The van der Waals surface area contributed by atoms with Crippen molar-refractivity contribution in [3.63, 3.8) is 0 Å². The van der Waals surface area contributed by atoms with Gasteiger partial charge in [-0.3, -0.25) is 0 Å². The highest BCUT2D eigenvalue weighted by atomic mass is 35.5. The first-order chi connectivity index (χ1) is 10.1. The number of aliphatic hydroxyl groups excluding tert-OH is 1. The minimum atomic E-state index is 0.0455. The van der Waals surface area contributed by atoms with Crippen molar-refractivity contribution in [2.75, 3.05) is 19.8 Å². The number of hydrogen-bond acceptors (Lipinski definition) is 4. The van der Waals surface area contributed by atoms with E-state index in [2.05, 4.69) is 5.32 Å². The third-order valence-corrected chi connectivity index (χ3v) is 3.09. The molecule has 0 bridgehead atoms. The van der Waals surface area contributed by atoms with Gasteiger partial charge in [0.1, 0.15) is 0 Å². The number of nitrogens with one attached hydrogen (secondary N) is 1. The second-order valence-electron chi connectivity index (χ2n) is 5.11. The number of halogens is 1. The van der Waals surface area contributed by atoms with Gasteiger partial charge in [-0.25, -0.2) is 0 Å². The van der Waals surface area contributed by atoms with Gasteiger partial charge < -0.3 is 19.9 Å². The molecular formula is C16H26ClNO3. The number of rotatable bonds is 10. The van der Waals surface area contributed by atoms with Crippen molar-refractivity contribution >= 4 is 11.6 Å². The molecule has 0 saturated heterocycles. The fourth-order valence-electron chi connectivity index (χ4n) is 1.93. The van der Waals surface area contributed by atoms with Gasteiger partial charge in [0.15, 0.2) is 11.5 Å². The van der Waals surface area contributed by atoms with Crippen molar-refractivity contribution in [1.29, 1.82) is 0 Å². The Bertz CT molecular complexity index is 424. The predicted molar refractivity (Wildman–Crippen MR) is 86.4 cm³/mol. The first kappa shape index (κ1) is 18.1. The molecule has 0 saturated carbocycles. The van der Waals surface area contributed by atoms with Crippen LogP contribution in [0.5, 0.6) is 11.5 Å². The summed E-state index contributed by atoms with van der Waals surface area (Å²) in [5.74, 6) is 1.29. The summed E-state index contributed by atoms with van der Waals surface area (Å²) in [5, 5.41) is 12.6. The van der Waals surface area contributed by atoms with Crippen LogP contribution < -0.4 is 14.8 Å². The average molecular weight is 316 g/mol. The Morgan fingerprint density at radius 3 is 2.67 bits per heavy atom. The van der Waals surface area contributed by atoms with Crippen molar-refractivity contribution < 1.29 is 14.6 Å². The third kappa shape index (κ3) is 6.55. The Labute approximate surface area is 132 Å². The number of ether oxygens (including phenoxy) is 2. The molecule has 1 aromatic rings. The summed E-state index contributed by atoms with van der Waals surface area (Å²) < 4.78 is 11.4. The van der Waals surface area contributed by atoms with E-state index in [0.717, 1.165) is 24.9 Å². The topological polar surface area (TPSA) is 50.7 Å². The van der Waals surface area contributed by atoms with Gasteiger partial charge in [-0.2, -0.15) is 0 Å². The predicted octanol–water partition coefficient (Wildman–Crippen LogP) is 3.39. The lowest BCUT2D eigenvalue weighted by atomic mass is 10.2. The SMILES string of the molecule is CCOc1cc(CNCCCCO)cc(Cl)c1OC(C)C. The van der Waals surface area contributed by atoms with Gasteiger partial charge in [-0.1, -0.05) is 11.6 Å². The zero-order valence-corrected chi connectivity index (χ0v) is 13.9. The van der Waals surface area contributed by atoms with Gasteiger partial charge in [0.05, 0.1) is 17.7 Å². The Balaban J connectivity index is 2.73. The fraction of sp³-hybridized carbons (Fsp3) is 0.625. The van der Waals surface area contributed by atoms with Gasteiger partial charge in [0.2, 0.25) is 0 Å². The van der Waals surface area contributed by atoms with E-state index in [-0.39, 0.29) is 12.7 Å². The first-order valence-electron chi connectivity index (χ1n) is 7.52. The number of aliphatic hydroxyl groups is 1. The van der Waals surface area contributed by atoms with Gasteiger partial charge in [0, 0.05) is 13.2 Å². The summed E-state index contributed by atoms with van der Waals surface area (Å²) in [6, 6.07) is 3.87. The molecule has 1 aromatic carbocycles. The zero-order chi connectivity index (χ0) is 15.7. The van der Waals surface area contributed by atoms with Crippen LogP contribution in [-0.4, -0.2) is 31.0 Å². The lowest BCUT2D eigenvalue weighted by Crippen LogP contribution is -2.15. The van der Waals surface area contributed by atoms with Crippen LogP contribution in [0.2, 0.25) is 5.02 Å². The van der Waals surface area contributed by atoms with Crippen molar-refractivity contribution in [2.24, 2.45) is 0 Å². The van der Waals surface area contributed by atoms with Crippen LogP contribution in [0.4, 0.5) is 0 Å². The maximum atomic E-state index is 8.74. The summed E-state index contributed by atoms with van der Waals surface area (Å²) in [7, 11) is 0. The molecule has 2 N–H and O–H groups in total. The smallest absolute Gasteiger partial charge is 0.180 e. The summed E-state index contributed by atoms with van der Waals surface area (Å²) in [4.78, 5) is 0. The van der Waals surface area contributed by atoms with Crippen molar-refractivity contribution in [3.05, 3.63) is 22.7 Å². The van der Waals surface area contributed by atoms with E-state index in [1.165, 1.54) is 0 Å². The Hall–Kier alpha value is -0.970. The van der Waals surface area contributed by atoms with Crippen LogP contribution in [0.1, 0.15) is 39.2 Å². The quantitative estimate of drug-likeness (QED) is 0.650. The Morgan fingerprint density at radius 1 is 1.29 bits per heavy atom. The molecule has 0 heterocycles. The maximum Gasteiger partial charge on any atom is 0.180 e. The van der Waals surface area contributed by atoms with E-state index in [0.29, 0.717) is 29.7 Å². The minimum absolute atomic E-state index is 0.0455. The molecule has 1 rings (SSSR count). The molecule has 0 unspecified atom stereocenters. The Morgan fingerprint density at radius 2 is 2.05 bits per heavy atom. The lowest BCUT2D eigenvalue weighted by molar-refractivity contribution is 0.224. The van der Waals surface area contributed by atoms with E-state index in [1.54, 1.807) is 0 Å². The normalized spacial score (nSPS) is 11.0. The largest absolute Gasteiger partial charge is 0.490 e. The number of unbranched alkanes of at least 4 members (excludes halogenated alkanes) is 1. The van der Waals surface area contributed by atoms with E-state index in [4.69, 9.17) is 26.2 Å². The van der Waals surface area contributed by atoms with Crippen LogP contribution >= 0.6 is 11.6 Å². The van der Waals surface area contributed by atoms with Crippen LogP contribution in [0.25, 0.3) is 0 Å². The molecule has 0 atom stereocenters. The van der Waals surface area contributed by atoms with Gasteiger partial charge >= 0.3 is 0 Å². The standard InChI is InChI=1S/C16H26ClNO3/c1-4-20-15-10-13(11-18-7-5-6-8-19)9-14(17)16(15)21-12(2)3/h9-10,12,18-19H,4-8,11H2,1-3H3. The molecule has 0 spiro atoms. The molecule has 0 aliphatic carbocycles. The fourth-order valence-corrected chi connectivity index (χ4v) is 2.21. The number of hydrogen-bond donors (Lipinski definition) is 2. The van der Waals surface area contributed by atoms with Crippen LogP contribution in [0, 0.1) is 0 Å². The van der Waals surface area contributed by atoms with Gasteiger partial charge in [-0.05, 0) is 57.9 Å². The van der Waals surface area contributed by atoms with Crippen molar-refractivity contribution in [1.82, 2.24) is 5.32 Å². The molecule has 120 valence electrons. The monoisotopic (exact) mass is 315 g/mol. The molecule has 5 heteroatoms. The molecule has 0 radical (unpaired) electrons. The minimum Gasteiger partial charge on any atom is -0.490 e. The second kappa shape index (κ2) is 9.87. The van der Waals surface area contributed by atoms with E-state index in [9.17, 15) is 0 Å². The summed E-state index contributed by atoms with van der Waals surface area (Å²) >= 11 is 6.31. The van der Waals surface area contributed by atoms with Crippen LogP contribution in [0.15, 0.2) is 12.1 Å². The van der Waals surface area contributed by atoms with E-state index < -0.39 is 0 Å². The molecule has 0 fully saturated rings. The van der Waals surface area contributed by atoms with E-state index >= 15 is 0 Å². The van der Waals surface area contributed by atoms with Crippen molar-refractivity contribution in [2.45, 2.75) is 46.3 Å². The average Bonchev–Trinajstić information content (AvgIpc) is 2.42. The lowest BCUT2D eigenvalue weighted by Gasteiger charge is -2.17. The summed E-state index contributed by atoms with van der Waals surface area (Å²) in [5.41, 5.74) is 1.06. The molecule has 4 nitrogen and oxygen atoms in total. The maximum absolute atomic E-state index is 8.74.